The first-order chi connectivity index (χ1) is 7.43. The van der Waals surface area contributed by atoms with E-state index in [2.05, 4.69) is 6.92 Å². The van der Waals surface area contributed by atoms with Crippen LogP contribution in [0.2, 0.25) is 0 Å². The Bertz CT molecular complexity index is 118. The van der Waals surface area contributed by atoms with E-state index in [9.17, 15) is 0 Å². The number of rotatable bonds is 7. The van der Waals surface area contributed by atoms with Crippen molar-refractivity contribution >= 4 is 0 Å². The zero-order valence-corrected chi connectivity index (χ0v) is 10.8. The molecule has 100 valence electrons. The summed E-state index contributed by atoms with van der Waals surface area (Å²) in [4.78, 5) is 0. The molecule has 16 heavy (non-hydrogen) atoms. The largest absolute Gasteiger partial charge is 0.394 e. The molecule has 3 unspecified atom stereocenters. The van der Waals surface area contributed by atoms with E-state index in [-0.39, 0.29) is 18.8 Å². The number of hydrogen-bond acceptors (Lipinski definition) is 4. The Morgan fingerprint density at radius 3 is 1.56 bits per heavy atom. The predicted molar refractivity (Wildman–Crippen MR) is 65.2 cm³/mol. The zero-order chi connectivity index (χ0) is 13.0. The summed E-state index contributed by atoms with van der Waals surface area (Å²) in [6.07, 6.45) is 3.16. The number of aliphatic hydroxyl groups excluding tert-OH is 4. The summed E-state index contributed by atoms with van der Waals surface area (Å²) in [6, 6.07) is 0. The third-order valence-corrected chi connectivity index (χ3v) is 2.10. The van der Waals surface area contributed by atoms with Gasteiger partial charge in [-0.1, -0.05) is 19.8 Å². The quantitative estimate of drug-likeness (QED) is 0.533. The average molecular weight is 236 g/mol. The third kappa shape index (κ3) is 19.4. The van der Waals surface area contributed by atoms with Crippen molar-refractivity contribution < 1.29 is 20.4 Å². The topological polar surface area (TPSA) is 80.9 Å². The summed E-state index contributed by atoms with van der Waals surface area (Å²) in [5.74, 6) is 0. The lowest BCUT2D eigenvalue weighted by Crippen LogP contribution is -2.10. The predicted octanol–water partition coefficient (Wildman–Crippen LogP) is 1.06. The number of hydrogen-bond donors (Lipinski definition) is 4. The van der Waals surface area contributed by atoms with Gasteiger partial charge in [-0.3, -0.25) is 0 Å². The molecule has 0 aliphatic heterocycles. The first-order valence-electron chi connectivity index (χ1n) is 6.09. The lowest BCUT2D eigenvalue weighted by atomic mass is 10.1. The summed E-state index contributed by atoms with van der Waals surface area (Å²) < 4.78 is 0. The molecule has 0 aliphatic carbocycles. The molecule has 0 saturated carbocycles. The summed E-state index contributed by atoms with van der Waals surface area (Å²) in [6.45, 7) is 5.41. The maximum absolute atomic E-state index is 8.74. The molecule has 0 rings (SSSR count). The first-order valence-corrected chi connectivity index (χ1v) is 6.09. The van der Waals surface area contributed by atoms with Gasteiger partial charge in [-0.05, 0) is 33.1 Å². The van der Waals surface area contributed by atoms with E-state index in [4.69, 9.17) is 20.4 Å². The van der Waals surface area contributed by atoms with Crippen LogP contribution in [0.3, 0.4) is 0 Å². The standard InChI is InChI=1S/2C6H14O2/c1-5(7)3-4-6(2)8;1-2-3-4-6(8)5-7/h5-8H,3-4H2,1-2H3;6-8H,2-5H2,1H3. The highest BCUT2D eigenvalue weighted by Crippen LogP contribution is 1.99. The Hall–Kier alpha value is -0.160. The fourth-order valence-electron chi connectivity index (χ4n) is 1.01. The molecular weight excluding hydrogens is 208 g/mol. The van der Waals surface area contributed by atoms with Crippen molar-refractivity contribution in [3.63, 3.8) is 0 Å². The Morgan fingerprint density at radius 2 is 1.31 bits per heavy atom. The van der Waals surface area contributed by atoms with Crippen LogP contribution in [0.5, 0.6) is 0 Å². The van der Waals surface area contributed by atoms with E-state index < -0.39 is 6.10 Å². The highest BCUT2D eigenvalue weighted by Gasteiger charge is 1.98. The van der Waals surface area contributed by atoms with Gasteiger partial charge in [0.1, 0.15) is 0 Å². The van der Waals surface area contributed by atoms with Crippen molar-refractivity contribution in [2.75, 3.05) is 6.61 Å². The molecule has 0 amide bonds. The van der Waals surface area contributed by atoms with Crippen LogP contribution < -0.4 is 0 Å². The minimum atomic E-state index is -0.491. The van der Waals surface area contributed by atoms with Gasteiger partial charge in [-0.15, -0.1) is 0 Å². The molecule has 0 aromatic heterocycles. The van der Waals surface area contributed by atoms with Crippen molar-refractivity contribution in [2.24, 2.45) is 0 Å². The van der Waals surface area contributed by atoms with Crippen LogP contribution in [0.15, 0.2) is 0 Å². The van der Waals surface area contributed by atoms with Gasteiger partial charge in [0.05, 0.1) is 24.9 Å². The summed E-state index contributed by atoms with van der Waals surface area (Å²) in [5.41, 5.74) is 0. The SMILES string of the molecule is CC(O)CCC(C)O.CCCCC(O)CO. The van der Waals surface area contributed by atoms with Crippen LogP contribution in [0.4, 0.5) is 0 Å². The molecule has 4 nitrogen and oxygen atoms in total. The summed E-state index contributed by atoms with van der Waals surface area (Å²) in [7, 11) is 0. The van der Waals surface area contributed by atoms with Crippen LogP contribution >= 0.6 is 0 Å². The molecule has 4 heteroatoms. The molecule has 0 aromatic carbocycles. The van der Waals surface area contributed by atoms with Crippen LogP contribution in [-0.4, -0.2) is 45.3 Å². The van der Waals surface area contributed by atoms with Gasteiger partial charge in [-0.25, -0.2) is 0 Å². The van der Waals surface area contributed by atoms with Gasteiger partial charge in [0.25, 0.3) is 0 Å². The van der Waals surface area contributed by atoms with Crippen molar-refractivity contribution in [1.29, 1.82) is 0 Å². The molecule has 3 atom stereocenters. The third-order valence-electron chi connectivity index (χ3n) is 2.10. The van der Waals surface area contributed by atoms with Gasteiger partial charge in [0, 0.05) is 0 Å². The average Bonchev–Trinajstić information content (AvgIpc) is 2.23. The molecule has 0 spiro atoms. The lowest BCUT2D eigenvalue weighted by molar-refractivity contribution is 0.0865. The van der Waals surface area contributed by atoms with E-state index >= 15 is 0 Å². The van der Waals surface area contributed by atoms with Crippen molar-refractivity contribution in [1.82, 2.24) is 0 Å². The Balaban J connectivity index is 0. The maximum Gasteiger partial charge on any atom is 0.0770 e. The normalized spacial score (nSPS) is 15.9. The summed E-state index contributed by atoms with van der Waals surface area (Å²) in [5, 5.41) is 34.4. The van der Waals surface area contributed by atoms with E-state index in [1.807, 2.05) is 0 Å². The molecule has 0 radical (unpaired) electrons. The zero-order valence-electron chi connectivity index (χ0n) is 10.8. The van der Waals surface area contributed by atoms with Gasteiger partial charge >= 0.3 is 0 Å². The Morgan fingerprint density at radius 1 is 0.875 bits per heavy atom. The fraction of sp³-hybridized carbons (Fsp3) is 1.00. The molecule has 0 heterocycles. The highest BCUT2D eigenvalue weighted by molar-refractivity contribution is 4.51. The number of aliphatic hydroxyl groups is 4. The van der Waals surface area contributed by atoms with Crippen molar-refractivity contribution in [2.45, 2.75) is 71.2 Å². The van der Waals surface area contributed by atoms with Crippen LogP contribution in [0.1, 0.15) is 52.9 Å². The van der Waals surface area contributed by atoms with Crippen molar-refractivity contribution in [3.05, 3.63) is 0 Å². The van der Waals surface area contributed by atoms with E-state index in [0.717, 1.165) is 19.3 Å². The van der Waals surface area contributed by atoms with Gasteiger partial charge in [0.2, 0.25) is 0 Å². The molecule has 0 aliphatic rings. The molecular formula is C12H28O4. The second-order valence-corrected chi connectivity index (χ2v) is 4.25. The van der Waals surface area contributed by atoms with Gasteiger partial charge in [0.15, 0.2) is 0 Å². The second kappa shape index (κ2) is 12.9. The first kappa shape index (κ1) is 18.2. The van der Waals surface area contributed by atoms with E-state index in [1.54, 1.807) is 13.8 Å². The Labute approximate surface area is 98.9 Å². The minimum absolute atomic E-state index is 0.0972. The molecule has 0 bridgehead atoms. The maximum atomic E-state index is 8.74. The smallest absolute Gasteiger partial charge is 0.0770 e. The van der Waals surface area contributed by atoms with Crippen molar-refractivity contribution in [3.8, 4) is 0 Å². The van der Waals surface area contributed by atoms with E-state index in [0.29, 0.717) is 12.8 Å². The molecule has 0 saturated heterocycles. The molecule has 0 aromatic rings. The van der Waals surface area contributed by atoms with Crippen LogP contribution in [-0.2, 0) is 0 Å². The summed E-state index contributed by atoms with van der Waals surface area (Å²) >= 11 is 0. The molecule has 4 N–H and O–H groups in total. The number of unbranched alkanes of at least 4 members (excludes halogenated alkanes) is 1. The second-order valence-electron chi connectivity index (χ2n) is 4.25. The van der Waals surface area contributed by atoms with Gasteiger partial charge in [-0.2, -0.15) is 0 Å². The Kier molecular flexibility index (Phi) is 14.7. The van der Waals surface area contributed by atoms with E-state index in [1.165, 1.54) is 0 Å². The van der Waals surface area contributed by atoms with Crippen LogP contribution in [0, 0.1) is 0 Å². The lowest BCUT2D eigenvalue weighted by Gasteiger charge is -2.04. The molecule has 0 fully saturated rings. The van der Waals surface area contributed by atoms with Crippen LogP contribution in [0.25, 0.3) is 0 Å². The minimum Gasteiger partial charge on any atom is -0.394 e. The highest BCUT2D eigenvalue weighted by atomic mass is 16.3. The monoisotopic (exact) mass is 236 g/mol. The fourth-order valence-corrected chi connectivity index (χ4v) is 1.01. The van der Waals surface area contributed by atoms with Gasteiger partial charge < -0.3 is 20.4 Å².